The summed E-state index contributed by atoms with van der Waals surface area (Å²) in [5, 5.41) is 4.97. The van der Waals surface area contributed by atoms with E-state index in [2.05, 4.69) is 5.32 Å². The molecule has 0 radical (unpaired) electrons. The van der Waals surface area contributed by atoms with Gasteiger partial charge in [-0.25, -0.2) is 0 Å². The first-order valence-electron chi connectivity index (χ1n) is 6.96. The molecule has 0 saturated heterocycles. The fourth-order valence-corrected chi connectivity index (χ4v) is 4.77. The van der Waals surface area contributed by atoms with E-state index in [0.717, 1.165) is 16.1 Å². The maximum absolute atomic E-state index is 11.9. The van der Waals surface area contributed by atoms with Crippen molar-refractivity contribution < 1.29 is 19.0 Å². The van der Waals surface area contributed by atoms with Crippen molar-refractivity contribution in [3.63, 3.8) is 0 Å². The quantitative estimate of drug-likeness (QED) is 0.913. The highest BCUT2D eigenvalue weighted by Crippen LogP contribution is 2.48. The third-order valence-electron chi connectivity index (χ3n) is 3.58. The zero-order chi connectivity index (χ0) is 16.4. The third kappa shape index (κ3) is 2.98. The average molecular weight is 351 g/mol. The number of amides is 1. The summed E-state index contributed by atoms with van der Waals surface area (Å²) in [6.07, 6.45) is 0. The van der Waals surface area contributed by atoms with Gasteiger partial charge < -0.3 is 19.5 Å². The molecule has 1 aromatic heterocycles. The van der Waals surface area contributed by atoms with Gasteiger partial charge in [0.05, 0.1) is 38.0 Å². The number of carbonyl (C=O) groups excluding carboxylic acids is 1. The highest BCUT2D eigenvalue weighted by molar-refractivity contribution is 8.00. The van der Waals surface area contributed by atoms with E-state index in [9.17, 15) is 4.79 Å². The van der Waals surface area contributed by atoms with Gasteiger partial charge >= 0.3 is 0 Å². The molecule has 0 bridgehead atoms. The van der Waals surface area contributed by atoms with Gasteiger partial charge in [0.25, 0.3) is 0 Å². The van der Waals surface area contributed by atoms with Gasteiger partial charge in [0.2, 0.25) is 11.7 Å². The van der Waals surface area contributed by atoms with Gasteiger partial charge in [0.15, 0.2) is 11.5 Å². The smallest absolute Gasteiger partial charge is 0.234 e. The number of nitrogens with one attached hydrogen (secondary N) is 1. The van der Waals surface area contributed by atoms with Crippen molar-refractivity contribution in [3.8, 4) is 17.2 Å². The minimum absolute atomic E-state index is 0.0181. The van der Waals surface area contributed by atoms with Crippen molar-refractivity contribution in [2.75, 3.05) is 32.4 Å². The second-order valence-electron chi connectivity index (χ2n) is 4.90. The van der Waals surface area contributed by atoms with Crippen molar-refractivity contribution in [1.29, 1.82) is 0 Å². The number of benzene rings is 1. The molecule has 1 N–H and O–H groups in total. The summed E-state index contributed by atoms with van der Waals surface area (Å²) < 4.78 is 16.3. The molecule has 2 heterocycles. The highest BCUT2D eigenvalue weighted by atomic mass is 32.2. The molecule has 0 aliphatic carbocycles. The fraction of sp³-hybridized carbons (Fsp3) is 0.312. The van der Waals surface area contributed by atoms with Gasteiger partial charge in [-0.1, -0.05) is 0 Å². The van der Waals surface area contributed by atoms with E-state index in [1.54, 1.807) is 44.4 Å². The Hall–Kier alpha value is -1.86. The zero-order valence-electron chi connectivity index (χ0n) is 13.0. The molecule has 23 heavy (non-hydrogen) atoms. The molecule has 2 aromatic rings. The first kappa shape index (κ1) is 16.0. The van der Waals surface area contributed by atoms with Crippen LogP contribution in [0.25, 0.3) is 0 Å². The standard InChI is InChI=1S/C16H17NO4S2/c1-19-11-6-9(7-12(20-2)14(11)21-3)15-16-10(4-5-22-16)17-13(18)8-23-15/h4-7,15H,8H2,1-3H3,(H,17,18). The molecule has 1 aliphatic rings. The number of anilines is 1. The fourth-order valence-electron chi connectivity index (χ4n) is 2.55. The molecule has 5 nitrogen and oxygen atoms in total. The highest BCUT2D eigenvalue weighted by Gasteiger charge is 2.27. The van der Waals surface area contributed by atoms with Crippen LogP contribution in [-0.4, -0.2) is 33.0 Å². The van der Waals surface area contributed by atoms with Crippen LogP contribution in [0.1, 0.15) is 15.7 Å². The van der Waals surface area contributed by atoms with Gasteiger partial charge in [-0.3, -0.25) is 4.79 Å². The van der Waals surface area contributed by atoms with Crippen LogP contribution in [0.2, 0.25) is 0 Å². The van der Waals surface area contributed by atoms with Crippen molar-refractivity contribution in [3.05, 3.63) is 34.0 Å². The Labute approximate surface area is 142 Å². The molecular formula is C16H17NO4S2. The second-order valence-corrected chi connectivity index (χ2v) is 6.94. The largest absolute Gasteiger partial charge is 0.493 e. The molecule has 0 saturated carbocycles. The molecule has 1 aliphatic heterocycles. The van der Waals surface area contributed by atoms with Crippen LogP contribution < -0.4 is 19.5 Å². The van der Waals surface area contributed by atoms with E-state index >= 15 is 0 Å². The van der Waals surface area contributed by atoms with Crippen LogP contribution in [0.5, 0.6) is 17.2 Å². The van der Waals surface area contributed by atoms with E-state index in [-0.39, 0.29) is 11.2 Å². The lowest BCUT2D eigenvalue weighted by molar-refractivity contribution is -0.113. The van der Waals surface area contributed by atoms with Crippen molar-refractivity contribution >= 4 is 34.7 Å². The molecule has 1 aromatic carbocycles. The molecule has 1 unspecified atom stereocenters. The van der Waals surface area contributed by atoms with Crippen LogP contribution >= 0.6 is 23.1 Å². The number of carbonyl (C=O) groups is 1. The predicted molar refractivity (Wildman–Crippen MR) is 93.3 cm³/mol. The Kier molecular flexibility index (Phi) is 4.68. The molecule has 1 amide bonds. The lowest BCUT2D eigenvalue weighted by Crippen LogP contribution is -2.11. The summed E-state index contributed by atoms with van der Waals surface area (Å²) >= 11 is 3.22. The normalized spacial score (nSPS) is 17.0. The summed E-state index contributed by atoms with van der Waals surface area (Å²) in [5.74, 6) is 2.22. The Morgan fingerprint density at radius 3 is 2.43 bits per heavy atom. The van der Waals surface area contributed by atoms with E-state index in [1.165, 1.54) is 0 Å². The van der Waals surface area contributed by atoms with E-state index in [0.29, 0.717) is 23.0 Å². The number of fused-ring (bicyclic) bond motifs is 1. The number of hydrogen-bond acceptors (Lipinski definition) is 6. The van der Waals surface area contributed by atoms with Crippen LogP contribution in [0.15, 0.2) is 23.6 Å². The number of hydrogen-bond donors (Lipinski definition) is 1. The maximum atomic E-state index is 11.9. The van der Waals surface area contributed by atoms with Gasteiger partial charge in [-0.15, -0.1) is 23.1 Å². The summed E-state index contributed by atoms with van der Waals surface area (Å²) in [7, 11) is 4.78. The van der Waals surface area contributed by atoms with Gasteiger partial charge in [0, 0.05) is 4.88 Å². The minimum Gasteiger partial charge on any atom is -0.493 e. The molecule has 1 atom stereocenters. The Morgan fingerprint density at radius 1 is 1.13 bits per heavy atom. The molecule has 7 heteroatoms. The van der Waals surface area contributed by atoms with Crippen molar-refractivity contribution in [2.45, 2.75) is 5.25 Å². The maximum Gasteiger partial charge on any atom is 0.234 e. The number of thiophene rings is 1. The summed E-state index contributed by atoms with van der Waals surface area (Å²) in [4.78, 5) is 13.0. The monoisotopic (exact) mass is 351 g/mol. The van der Waals surface area contributed by atoms with E-state index < -0.39 is 0 Å². The lowest BCUT2D eigenvalue weighted by Gasteiger charge is -2.18. The number of methoxy groups -OCH3 is 3. The summed E-state index contributed by atoms with van der Waals surface area (Å²) in [6.45, 7) is 0. The SMILES string of the molecule is COc1cc(C2SCC(=O)Nc3ccsc32)cc(OC)c1OC. The van der Waals surface area contributed by atoms with Gasteiger partial charge in [-0.05, 0) is 29.1 Å². The summed E-state index contributed by atoms with van der Waals surface area (Å²) in [6, 6.07) is 5.82. The van der Waals surface area contributed by atoms with Crippen LogP contribution in [0.4, 0.5) is 5.69 Å². The number of thioether (sulfide) groups is 1. The molecule has 0 spiro atoms. The number of ether oxygens (including phenoxy) is 3. The molecule has 3 rings (SSSR count). The second kappa shape index (κ2) is 6.72. The Bertz CT molecular complexity index is 704. The zero-order valence-corrected chi connectivity index (χ0v) is 14.7. The molecular weight excluding hydrogens is 334 g/mol. The van der Waals surface area contributed by atoms with Gasteiger partial charge in [-0.2, -0.15) is 0 Å². The Morgan fingerprint density at radius 2 is 1.83 bits per heavy atom. The van der Waals surface area contributed by atoms with Crippen LogP contribution in [0, 0.1) is 0 Å². The third-order valence-corrected chi connectivity index (χ3v) is 5.98. The minimum atomic E-state index is 0.0181. The van der Waals surface area contributed by atoms with Gasteiger partial charge in [0.1, 0.15) is 0 Å². The van der Waals surface area contributed by atoms with Crippen LogP contribution in [0.3, 0.4) is 0 Å². The molecule has 122 valence electrons. The summed E-state index contributed by atoms with van der Waals surface area (Å²) in [5.41, 5.74) is 1.90. The predicted octanol–water partition coefficient (Wildman–Crippen LogP) is 3.55. The topological polar surface area (TPSA) is 56.8 Å². The average Bonchev–Trinajstić information content (AvgIpc) is 2.95. The number of rotatable bonds is 4. The Balaban J connectivity index is 2.10. The molecule has 0 fully saturated rings. The van der Waals surface area contributed by atoms with E-state index in [1.807, 2.05) is 23.6 Å². The first-order valence-corrected chi connectivity index (χ1v) is 8.89. The lowest BCUT2D eigenvalue weighted by atomic mass is 10.1. The van der Waals surface area contributed by atoms with Crippen molar-refractivity contribution in [1.82, 2.24) is 0 Å². The van der Waals surface area contributed by atoms with Crippen LogP contribution in [-0.2, 0) is 4.79 Å². The van der Waals surface area contributed by atoms with E-state index in [4.69, 9.17) is 14.2 Å². The first-order chi connectivity index (χ1) is 11.2. The van der Waals surface area contributed by atoms with Crippen molar-refractivity contribution in [2.24, 2.45) is 0 Å².